The smallest absolute Gasteiger partial charge is 0.184 e. The molecule has 96 valence electrons. The molecule has 0 aliphatic heterocycles. The van der Waals surface area contributed by atoms with E-state index < -0.39 is 9.84 Å². The zero-order chi connectivity index (χ0) is 13.3. The van der Waals surface area contributed by atoms with Crippen molar-refractivity contribution in [1.29, 1.82) is 0 Å². The molecule has 0 spiro atoms. The fourth-order valence-electron chi connectivity index (χ4n) is 1.45. The molecule has 0 radical (unpaired) electrons. The molecule has 0 saturated heterocycles. The lowest BCUT2D eigenvalue weighted by Crippen LogP contribution is -2.05. The van der Waals surface area contributed by atoms with Crippen LogP contribution in [0.15, 0.2) is 39.0 Å². The van der Waals surface area contributed by atoms with E-state index in [-0.39, 0.29) is 15.7 Å². The second-order valence-electron chi connectivity index (χ2n) is 3.68. The Balaban J connectivity index is 2.39. The maximum Gasteiger partial charge on any atom is 0.184 e. The van der Waals surface area contributed by atoms with E-state index in [4.69, 9.17) is 17.3 Å². The number of thiophene rings is 1. The second kappa shape index (κ2) is 5.21. The van der Waals surface area contributed by atoms with Gasteiger partial charge in [-0.25, -0.2) is 8.42 Å². The van der Waals surface area contributed by atoms with Crippen molar-refractivity contribution in [2.75, 3.05) is 5.73 Å². The maximum atomic E-state index is 12.2. The Labute approximate surface area is 123 Å². The Morgan fingerprint density at radius 1 is 1.33 bits per heavy atom. The zero-order valence-corrected chi connectivity index (χ0v) is 13.0. The van der Waals surface area contributed by atoms with Gasteiger partial charge in [0.2, 0.25) is 0 Å². The number of halogens is 2. The topological polar surface area (TPSA) is 60.2 Å². The van der Waals surface area contributed by atoms with Crippen LogP contribution in [0.3, 0.4) is 0 Å². The highest BCUT2D eigenvalue weighted by Gasteiger charge is 2.20. The van der Waals surface area contributed by atoms with Crippen molar-refractivity contribution in [3.05, 3.63) is 44.0 Å². The molecule has 3 nitrogen and oxygen atoms in total. The molecule has 18 heavy (non-hydrogen) atoms. The van der Waals surface area contributed by atoms with Gasteiger partial charge in [-0.3, -0.25) is 0 Å². The standard InChI is InChI=1S/C11H9BrClNO2S2/c12-7-3-9(17-5-7)6-18(15,16)11-4-8(14)1-2-10(11)13/h1-5H,6,14H2. The molecule has 0 aliphatic carbocycles. The molecule has 2 aromatic rings. The summed E-state index contributed by atoms with van der Waals surface area (Å²) in [6.45, 7) is 0. The average molecular weight is 367 g/mol. The molecule has 1 aromatic heterocycles. The number of rotatable bonds is 3. The van der Waals surface area contributed by atoms with Crippen LogP contribution in [0.5, 0.6) is 0 Å². The van der Waals surface area contributed by atoms with E-state index in [1.54, 1.807) is 12.1 Å². The molecule has 1 heterocycles. The van der Waals surface area contributed by atoms with Crippen molar-refractivity contribution >= 4 is 54.4 Å². The van der Waals surface area contributed by atoms with Gasteiger partial charge in [-0.1, -0.05) is 11.6 Å². The van der Waals surface area contributed by atoms with Crippen LogP contribution in [0.1, 0.15) is 4.88 Å². The molecular weight excluding hydrogens is 358 g/mol. The lowest BCUT2D eigenvalue weighted by molar-refractivity contribution is 0.596. The van der Waals surface area contributed by atoms with Crippen LogP contribution in [-0.2, 0) is 15.6 Å². The van der Waals surface area contributed by atoms with E-state index >= 15 is 0 Å². The number of benzene rings is 1. The van der Waals surface area contributed by atoms with Gasteiger partial charge in [0.25, 0.3) is 0 Å². The van der Waals surface area contributed by atoms with Crippen LogP contribution in [-0.4, -0.2) is 8.42 Å². The predicted molar refractivity (Wildman–Crippen MR) is 78.8 cm³/mol. The van der Waals surface area contributed by atoms with Gasteiger partial charge < -0.3 is 5.73 Å². The summed E-state index contributed by atoms with van der Waals surface area (Å²) in [6.07, 6.45) is 0. The lowest BCUT2D eigenvalue weighted by atomic mass is 10.3. The first-order chi connectivity index (χ1) is 8.38. The third kappa shape index (κ3) is 3.06. The summed E-state index contributed by atoms with van der Waals surface area (Å²) in [4.78, 5) is 0.828. The van der Waals surface area contributed by atoms with Crippen LogP contribution in [0.25, 0.3) is 0 Å². The molecule has 0 amide bonds. The van der Waals surface area contributed by atoms with Crippen LogP contribution >= 0.6 is 38.9 Å². The second-order valence-corrected chi connectivity index (χ2v) is 7.96. The van der Waals surface area contributed by atoms with Crippen molar-refractivity contribution in [2.24, 2.45) is 0 Å². The molecule has 1 aromatic carbocycles. The summed E-state index contributed by atoms with van der Waals surface area (Å²) < 4.78 is 25.3. The van der Waals surface area contributed by atoms with Crippen molar-refractivity contribution in [3.8, 4) is 0 Å². The Morgan fingerprint density at radius 2 is 2.06 bits per heavy atom. The van der Waals surface area contributed by atoms with Crippen molar-refractivity contribution in [1.82, 2.24) is 0 Å². The van der Waals surface area contributed by atoms with Gasteiger partial charge in [0, 0.05) is 20.4 Å². The van der Waals surface area contributed by atoms with Gasteiger partial charge in [0.1, 0.15) is 0 Å². The molecule has 2 N–H and O–H groups in total. The van der Waals surface area contributed by atoms with Gasteiger partial charge >= 0.3 is 0 Å². The third-order valence-electron chi connectivity index (χ3n) is 2.24. The SMILES string of the molecule is Nc1ccc(Cl)c(S(=O)(=O)Cc2cc(Br)cs2)c1. The Bertz CT molecular complexity index is 682. The highest BCUT2D eigenvalue weighted by atomic mass is 79.9. The Hall–Kier alpha value is -0.560. The minimum atomic E-state index is -3.48. The van der Waals surface area contributed by atoms with Crippen LogP contribution in [0, 0.1) is 0 Å². The molecule has 0 saturated carbocycles. The van der Waals surface area contributed by atoms with Crippen LogP contribution in [0.2, 0.25) is 5.02 Å². The average Bonchev–Trinajstić information content (AvgIpc) is 2.66. The molecule has 0 bridgehead atoms. The quantitative estimate of drug-likeness (QED) is 0.842. The molecule has 0 unspecified atom stereocenters. The molecule has 0 aliphatic rings. The molecule has 7 heteroatoms. The molecular formula is C11H9BrClNO2S2. The van der Waals surface area contributed by atoms with E-state index in [9.17, 15) is 8.42 Å². The van der Waals surface area contributed by atoms with E-state index in [1.807, 2.05) is 5.38 Å². The molecule has 0 fully saturated rings. The van der Waals surface area contributed by atoms with Gasteiger partial charge in [0.15, 0.2) is 9.84 Å². The van der Waals surface area contributed by atoms with E-state index in [0.717, 1.165) is 9.35 Å². The van der Waals surface area contributed by atoms with Crippen LogP contribution < -0.4 is 5.73 Å². The fraction of sp³-hybridized carbons (Fsp3) is 0.0909. The maximum absolute atomic E-state index is 12.2. The number of hydrogen-bond donors (Lipinski definition) is 1. The first-order valence-corrected chi connectivity index (χ1v) is 8.59. The minimum Gasteiger partial charge on any atom is -0.399 e. The number of hydrogen-bond acceptors (Lipinski definition) is 4. The highest BCUT2D eigenvalue weighted by molar-refractivity contribution is 9.10. The zero-order valence-electron chi connectivity index (χ0n) is 9.06. The summed E-state index contributed by atoms with van der Waals surface area (Å²) in [5.41, 5.74) is 5.97. The number of anilines is 1. The van der Waals surface area contributed by atoms with Crippen molar-refractivity contribution in [2.45, 2.75) is 10.6 Å². The minimum absolute atomic E-state index is 0.0769. The molecule has 0 atom stereocenters. The summed E-state index contributed by atoms with van der Waals surface area (Å²) in [6, 6.07) is 6.24. The van der Waals surface area contributed by atoms with Gasteiger partial charge in [0.05, 0.1) is 15.7 Å². The predicted octanol–water partition coefficient (Wildman–Crippen LogP) is 3.72. The first-order valence-electron chi connectivity index (χ1n) is 4.89. The van der Waals surface area contributed by atoms with Gasteiger partial charge in [-0.2, -0.15) is 0 Å². The van der Waals surface area contributed by atoms with Gasteiger partial charge in [-0.05, 0) is 40.2 Å². The summed E-state index contributed by atoms with van der Waals surface area (Å²) in [5.74, 6) is -0.0769. The van der Waals surface area contributed by atoms with E-state index in [2.05, 4.69) is 15.9 Å². The summed E-state index contributed by atoms with van der Waals surface area (Å²) >= 11 is 10.6. The highest BCUT2D eigenvalue weighted by Crippen LogP contribution is 2.29. The summed E-state index contributed by atoms with van der Waals surface area (Å²) in [5, 5.41) is 2.03. The number of sulfone groups is 1. The largest absolute Gasteiger partial charge is 0.399 e. The summed E-state index contributed by atoms with van der Waals surface area (Å²) in [7, 11) is -3.48. The van der Waals surface area contributed by atoms with Crippen molar-refractivity contribution < 1.29 is 8.42 Å². The molecule has 2 rings (SSSR count). The third-order valence-corrected chi connectivity index (χ3v) is 6.27. The van der Waals surface area contributed by atoms with Gasteiger partial charge in [-0.15, -0.1) is 11.3 Å². The number of nitrogen functional groups attached to an aromatic ring is 1. The Kier molecular flexibility index (Phi) is 4.01. The van der Waals surface area contributed by atoms with Crippen molar-refractivity contribution in [3.63, 3.8) is 0 Å². The monoisotopic (exact) mass is 365 g/mol. The lowest BCUT2D eigenvalue weighted by Gasteiger charge is -2.06. The first kappa shape index (κ1) is 13.9. The fourth-order valence-corrected chi connectivity index (χ4v) is 5.19. The van der Waals surface area contributed by atoms with E-state index in [1.165, 1.54) is 23.5 Å². The number of nitrogens with two attached hydrogens (primary N) is 1. The van der Waals surface area contributed by atoms with Crippen LogP contribution in [0.4, 0.5) is 5.69 Å². The van der Waals surface area contributed by atoms with E-state index in [0.29, 0.717) is 5.69 Å². The normalized spacial score (nSPS) is 11.7. The Morgan fingerprint density at radius 3 is 2.67 bits per heavy atom.